The molecule has 6 nitrogen and oxygen atoms in total. The topological polar surface area (TPSA) is 93.2 Å². The summed E-state index contributed by atoms with van der Waals surface area (Å²) in [5.74, 6) is -0.315. The van der Waals surface area contributed by atoms with Gasteiger partial charge in [0.05, 0.1) is 12.8 Å². The highest BCUT2D eigenvalue weighted by Crippen LogP contribution is 2.08. The number of nitrogens with one attached hydrogen (secondary N) is 1. The van der Waals surface area contributed by atoms with E-state index in [-0.39, 0.29) is 18.6 Å². The second-order valence-electron chi connectivity index (χ2n) is 3.52. The van der Waals surface area contributed by atoms with E-state index < -0.39 is 6.04 Å². The minimum absolute atomic E-state index is 0.106. The van der Waals surface area contributed by atoms with E-state index in [0.29, 0.717) is 5.56 Å². The molecule has 0 radical (unpaired) electrons. The van der Waals surface area contributed by atoms with Gasteiger partial charge in [-0.2, -0.15) is 5.10 Å². The van der Waals surface area contributed by atoms with E-state index in [1.165, 1.54) is 0 Å². The lowest BCUT2D eigenvalue weighted by Gasteiger charge is -2.14. The highest BCUT2D eigenvalue weighted by molar-refractivity contribution is 5.83. The maximum absolute atomic E-state index is 11.5. The summed E-state index contributed by atoms with van der Waals surface area (Å²) < 4.78 is 1.58. The molecular formula is C9H16N4O2. The number of aliphatic hydroxyl groups is 1. The summed E-state index contributed by atoms with van der Waals surface area (Å²) in [5, 5.41) is 15.3. The van der Waals surface area contributed by atoms with Crippen molar-refractivity contribution < 1.29 is 9.90 Å². The first kappa shape index (κ1) is 11.7. The normalized spacial score (nSPS) is 14.7. The Bertz CT molecular complexity index is 337. The van der Waals surface area contributed by atoms with Crippen LogP contribution in [0.4, 0.5) is 0 Å². The van der Waals surface area contributed by atoms with Gasteiger partial charge >= 0.3 is 0 Å². The molecule has 0 aliphatic heterocycles. The molecule has 0 bridgehead atoms. The van der Waals surface area contributed by atoms with Crippen molar-refractivity contribution in [1.82, 2.24) is 15.1 Å². The predicted molar refractivity (Wildman–Crippen MR) is 54.8 cm³/mol. The highest BCUT2D eigenvalue weighted by Gasteiger charge is 2.18. The molecular weight excluding hydrogens is 196 g/mol. The SMILES string of the molecule is CC(CO)NC(=O)C(N)c1cnn(C)c1. The number of hydrogen-bond acceptors (Lipinski definition) is 4. The van der Waals surface area contributed by atoms with Gasteiger partial charge in [0.2, 0.25) is 5.91 Å². The van der Waals surface area contributed by atoms with Gasteiger partial charge in [-0.3, -0.25) is 9.48 Å². The molecule has 1 heterocycles. The second kappa shape index (κ2) is 4.90. The van der Waals surface area contributed by atoms with E-state index in [1.54, 1.807) is 31.0 Å². The number of nitrogens with two attached hydrogens (primary N) is 1. The number of aliphatic hydroxyl groups excluding tert-OH is 1. The quantitative estimate of drug-likeness (QED) is 0.591. The zero-order valence-electron chi connectivity index (χ0n) is 8.84. The molecule has 1 aromatic rings. The van der Waals surface area contributed by atoms with Crippen molar-refractivity contribution in [2.24, 2.45) is 12.8 Å². The first-order chi connectivity index (χ1) is 7.04. The Morgan fingerprint density at radius 2 is 2.47 bits per heavy atom. The van der Waals surface area contributed by atoms with E-state index in [9.17, 15) is 4.79 Å². The van der Waals surface area contributed by atoms with Gasteiger partial charge in [-0.05, 0) is 6.92 Å². The summed E-state index contributed by atoms with van der Waals surface area (Å²) in [6.07, 6.45) is 3.24. The number of amides is 1. The van der Waals surface area contributed by atoms with E-state index in [0.717, 1.165) is 0 Å². The van der Waals surface area contributed by atoms with E-state index in [1.807, 2.05) is 0 Å². The standard InChI is InChI=1S/C9H16N4O2/c1-6(5-14)12-9(15)8(10)7-3-11-13(2)4-7/h3-4,6,8,14H,5,10H2,1-2H3,(H,12,15). The molecule has 1 amide bonds. The van der Waals surface area contributed by atoms with Crippen LogP contribution < -0.4 is 11.1 Å². The van der Waals surface area contributed by atoms with Crippen molar-refractivity contribution in [2.75, 3.05) is 6.61 Å². The van der Waals surface area contributed by atoms with Crippen LogP contribution in [0.25, 0.3) is 0 Å². The van der Waals surface area contributed by atoms with Crippen molar-refractivity contribution >= 4 is 5.91 Å². The Morgan fingerprint density at radius 3 is 2.93 bits per heavy atom. The molecule has 2 unspecified atom stereocenters. The van der Waals surface area contributed by atoms with Gasteiger partial charge in [-0.1, -0.05) is 0 Å². The minimum Gasteiger partial charge on any atom is -0.394 e. The van der Waals surface area contributed by atoms with Gasteiger partial charge in [-0.25, -0.2) is 0 Å². The third kappa shape index (κ3) is 3.03. The van der Waals surface area contributed by atoms with Crippen molar-refractivity contribution in [2.45, 2.75) is 19.0 Å². The van der Waals surface area contributed by atoms with E-state index in [4.69, 9.17) is 10.8 Å². The van der Waals surface area contributed by atoms with Crippen LogP contribution in [-0.2, 0) is 11.8 Å². The number of nitrogens with zero attached hydrogens (tertiary/aromatic N) is 2. The average molecular weight is 212 g/mol. The summed E-state index contributed by atoms with van der Waals surface area (Å²) in [5.41, 5.74) is 6.36. The molecule has 84 valence electrons. The van der Waals surface area contributed by atoms with Crippen LogP contribution in [0.15, 0.2) is 12.4 Å². The lowest BCUT2D eigenvalue weighted by Crippen LogP contribution is -2.40. The molecule has 0 aliphatic carbocycles. The Morgan fingerprint density at radius 1 is 1.80 bits per heavy atom. The number of aryl methyl sites for hydroxylation is 1. The largest absolute Gasteiger partial charge is 0.394 e. The first-order valence-corrected chi connectivity index (χ1v) is 4.70. The highest BCUT2D eigenvalue weighted by atomic mass is 16.3. The van der Waals surface area contributed by atoms with Gasteiger partial charge in [0, 0.05) is 24.8 Å². The lowest BCUT2D eigenvalue weighted by molar-refractivity contribution is -0.123. The maximum Gasteiger partial charge on any atom is 0.241 e. The number of hydrogen-bond donors (Lipinski definition) is 3. The van der Waals surface area contributed by atoms with Crippen LogP contribution in [0.1, 0.15) is 18.5 Å². The van der Waals surface area contributed by atoms with Crippen molar-refractivity contribution in [3.8, 4) is 0 Å². The van der Waals surface area contributed by atoms with Crippen LogP contribution >= 0.6 is 0 Å². The van der Waals surface area contributed by atoms with Gasteiger partial charge in [-0.15, -0.1) is 0 Å². The third-order valence-corrected chi connectivity index (χ3v) is 2.03. The molecule has 4 N–H and O–H groups in total. The van der Waals surface area contributed by atoms with E-state index in [2.05, 4.69) is 10.4 Å². The summed E-state index contributed by atoms with van der Waals surface area (Å²) in [6, 6.07) is -1.03. The van der Waals surface area contributed by atoms with Gasteiger partial charge < -0.3 is 16.2 Å². The van der Waals surface area contributed by atoms with Crippen molar-refractivity contribution in [1.29, 1.82) is 0 Å². The Balaban J connectivity index is 2.60. The van der Waals surface area contributed by atoms with Crippen molar-refractivity contribution in [3.05, 3.63) is 18.0 Å². The monoisotopic (exact) mass is 212 g/mol. The fourth-order valence-electron chi connectivity index (χ4n) is 1.13. The average Bonchev–Trinajstić information content (AvgIpc) is 2.63. The molecule has 0 aromatic carbocycles. The number of aromatic nitrogens is 2. The zero-order valence-corrected chi connectivity index (χ0v) is 8.84. The lowest BCUT2D eigenvalue weighted by atomic mass is 10.1. The summed E-state index contributed by atoms with van der Waals surface area (Å²) in [7, 11) is 1.75. The molecule has 0 spiro atoms. The summed E-state index contributed by atoms with van der Waals surface area (Å²) in [4.78, 5) is 11.5. The van der Waals surface area contributed by atoms with Gasteiger partial charge in [0.1, 0.15) is 6.04 Å². The fourth-order valence-corrected chi connectivity index (χ4v) is 1.13. The van der Waals surface area contributed by atoms with Crippen LogP contribution in [0, 0.1) is 0 Å². The van der Waals surface area contributed by atoms with Gasteiger partial charge in [0.25, 0.3) is 0 Å². The Hall–Kier alpha value is -1.40. The first-order valence-electron chi connectivity index (χ1n) is 4.70. The number of rotatable bonds is 4. The smallest absolute Gasteiger partial charge is 0.241 e. The van der Waals surface area contributed by atoms with E-state index >= 15 is 0 Å². The molecule has 2 atom stereocenters. The van der Waals surface area contributed by atoms with Crippen LogP contribution in [-0.4, -0.2) is 33.4 Å². The predicted octanol–water partition coefficient (Wildman–Crippen LogP) is -1.08. The molecule has 1 aromatic heterocycles. The molecule has 6 heteroatoms. The third-order valence-electron chi connectivity index (χ3n) is 2.03. The molecule has 0 aliphatic rings. The fraction of sp³-hybridized carbons (Fsp3) is 0.556. The maximum atomic E-state index is 11.5. The number of carbonyl (C=O) groups excluding carboxylic acids is 1. The molecule has 15 heavy (non-hydrogen) atoms. The Kier molecular flexibility index (Phi) is 3.81. The van der Waals surface area contributed by atoms with Crippen LogP contribution in [0.5, 0.6) is 0 Å². The Labute approximate surface area is 88.1 Å². The molecule has 0 saturated heterocycles. The van der Waals surface area contributed by atoms with Crippen molar-refractivity contribution in [3.63, 3.8) is 0 Å². The summed E-state index contributed by atoms with van der Waals surface area (Å²) in [6.45, 7) is 1.60. The minimum atomic E-state index is -0.743. The van der Waals surface area contributed by atoms with Crippen LogP contribution in [0.3, 0.4) is 0 Å². The molecule has 1 rings (SSSR count). The summed E-state index contributed by atoms with van der Waals surface area (Å²) >= 11 is 0. The molecule has 0 saturated carbocycles. The zero-order chi connectivity index (χ0) is 11.4. The number of carbonyl (C=O) groups is 1. The second-order valence-corrected chi connectivity index (χ2v) is 3.52. The van der Waals surface area contributed by atoms with Gasteiger partial charge in [0.15, 0.2) is 0 Å². The van der Waals surface area contributed by atoms with Crippen LogP contribution in [0.2, 0.25) is 0 Å². The molecule has 0 fully saturated rings.